The molecule has 8 nitrogen and oxygen atoms in total. The highest BCUT2D eigenvalue weighted by Crippen LogP contribution is 2.34. The van der Waals surface area contributed by atoms with E-state index < -0.39 is 74.4 Å². The minimum Gasteiger partial charge on any atom is -0.477 e. The van der Waals surface area contributed by atoms with Gasteiger partial charge in [-0.25, -0.2) is 8.42 Å². The van der Waals surface area contributed by atoms with Gasteiger partial charge in [0, 0.05) is 12.0 Å². The molecule has 1 aromatic carbocycles. The molecule has 0 bridgehead atoms. The average Bonchev–Trinajstić information content (AvgIpc) is 2.48. The van der Waals surface area contributed by atoms with Crippen molar-refractivity contribution in [2.75, 3.05) is 18.1 Å². The molecule has 1 heterocycles. The highest BCUT2D eigenvalue weighted by Gasteiger charge is 2.38. The fourth-order valence-corrected chi connectivity index (χ4v) is 4.80. The van der Waals surface area contributed by atoms with E-state index in [4.69, 9.17) is 5.73 Å². The molecule has 0 amide bonds. The van der Waals surface area contributed by atoms with Crippen LogP contribution in [0.3, 0.4) is 0 Å². The maximum atomic E-state index is 14.1. The third kappa shape index (κ3) is 6.15. The van der Waals surface area contributed by atoms with Gasteiger partial charge in [0.15, 0.2) is 16.4 Å². The number of aliphatic hydroxyl groups is 1. The van der Waals surface area contributed by atoms with Crippen LogP contribution in [-0.2, 0) is 16.3 Å². The number of nitro groups is 1. The van der Waals surface area contributed by atoms with Crippen molar-refractivity contribution < 1.29 is 40.7 Å². The smallest absolute Gasteiger partial charge is 0.422 e. The molecule has 1 aliphatic heterocycles. The molecular formula is C14H17ClF4N2O6S. The number of ether oxygens (including phenoxy) is 1. The molecule has 1 saturated heterocycles. The zero-order valence-electron chi connectivity index (χ0n) is 14.1. The summed E-state index contributed by atoms with van der Waals surface area (Å²) in [5.41, 5.74) is 4.24. The third-order valence-corrected chi connectivity index (χ3v) is 5.82. The Kier molecular flexibility index (Phi) is 7.61. The number of nitrogens with zero attached hydrogens (tertiary/aromatic N) is 1. The van der Waals surface area contributed by atoms with Crippen molar-refractivity contribution in [2.45, 2.75) is 24.7 Å². The minimum absolute atomic E-state index is 0. The van der Waals surface area contributed by atoms with Gasteiger partial charge in [-0.15, -0.1) is 12.4 Å². The molecule has 0 spiro atoms. The van der Waals surface area contributed by atoms with E-state index >= 15 is 0 Å². The number of aliphatic hydroxyl groups excluding tert-OH is 1. The number of halogens is 5. The van der Waals surface area contributed by atoms with Gasteiger partial charge < -0.3 is 15.6 Å². The largest absolute Gasteiger partial charge is 0.477 e. The van der Waals surface area contributed by atoms with E-state index in [1.54, 1.807) is 0 Å². The fourth-order valence-electron chi connectivity index (χ4n) is 2.91. The first kappa shape index (κ1) is 24.3. The Morgan fingerprint density at radius 3 is 2.46 bits per heavy atom. The van der Waals surface area contributed by atoms with E-state index in [2.05, 4.69) is 4.74 Å². The number of benzene rings is 1. The van der Waals surface area contributed by atoms with E-state index in [1.807, 2.05) is 0 Å². The van der Waals surface area contributed by atoms with Crippen LogP contribution in [0.5, 0.6) is 5.75 Å². The van der Waals surface area contributed by atoms with Crippen LogP contribution >= 0.6 is 12.4 Å². The quantitative estimate of drug-likeness (QED) is 0.391. The molecule has 1 aromatic rings. The molecule has 14 heteroatoms. The average molecular weight is 453 g/mol. The molecule has 0 aliphatic carbocycles. The summed E-state index contributed by atoms with van der Waals surface area (Å²) in [7, 11) is -3.57. The van der Waals surface area contributed by atoms with Crippen LogP contribution in [0.4, 0.5) is 23.2 Å². The SMILES string of the molecule is Cl.N[C@H]1CS(=O)(=O)C[C@@H](Cc2cc(F)c([N+](=O)[O-])c(OCC(F)(F)F)c2)[C@@H]1O. The molecule has 2 rings (SSSR count). The molecule has 0 radical (unpaired) electrons. The van der Waals surface area contributed by atoms with Gasteiger partial charge in [0.2, 0.25) is 11.6 Å². The number of hydrogen-bond donors (Lipinski definition) is 2. The summed E-state index contributed by atoms with van der Waals surface area (Å²) in [6.45, 7) is -1.87. The molecular weight excluding hydrogens is 436 g/mol. The minimum atomic E-state index is -4.80. The Hall–Kier alpha value is -1.70. The zero-order valence-corrected chi connectivity index (χ0v) is 15.7. The molecule has 1 aliphatic rings. The number of alkyl halides is 3. The molecule has 3 atom stereocenters. The zero-order chi connectivity index (χ0) is 20.6. The first-order valence-electron chi connectivity index (χ1n) is 7.59. The lowest BCUT2D eigenvalue weighted by atomic mass is 9.91. The summed E-state index contributed by atoms with van der Waals surface area (Å²) in [6, 6.07) is 0.447. The van der Waals surface area contributed by atoms with Crippen LogP contribution < -0.4 is 10.5 Å². The van der Waals surface area contributed by atoms with Gasteiger partial charge in [0.25, 0.3) is 0 Å². The third-order valence-electron chi connectivity index (χ3n) is 4.00. The van der Waals surface area contributed by atoms with E-state index in [-0.39, 0.29) is 24.4 Å². The van der Waals surface area contributed by atoms with Gasteiger partial charge in [-0.1, -0.05) is 0 Å². The van der Waals surface area contributed by atoms with Gasteiger partial charge >= 0.3 is 11.9 Å². The second-order valence-corrected chi connectivity index (χ2v) is 8.43. The number of nitro benzene ring substituents is 1. The van der Waals surface area contributed by atoms with Crippen LogP contribution in [-0.4, -0.2) is 54.9 Å². The standard InChI is InChI=1S/C14H16F4N2O6S.ClH/c15-9-2-7(1-8-4-27(24,25)5-10(19)13(8)21)3-11(12(9)20(22)23)26-6-14(16,17)18;/h2-3,8,10,13,21H,1,4-6,19H2;1H/t8-,10+,13+;/m1./s1. The topological polar surface area (TPSA) is 133 Å². The fraction of sp³-hybridized carbons (Fsp3) is 0.571. The number of hydrogen-bond acceptors (Lipinski definition) is 7. The Bertz CT molecular complexity index is 836. The summed E-state index contributed by atoms with van der Waals surface area (Å²) in [5.74, 6) is -4.22. The normalized spacial score (nSPS) is 24.3. The van der Waals surface area contributed by atoms with Crippen molar-refractivity contribution >= 4 is 27.9 Å². The summed E-state index contributed by atoms with van der Waals surface area (Å²) in [4.78, 5) is 9.70. The highest BCUT2D eigenvalue weighted by atomic mass is 35.5. The van der Waals surface area contributed by atoms with Crippen molar-refractivity contribution in [2.24, 2.45) is 11.7 Å². The number of rotatable bonds is 5. The maximum Gasteiger partial charge on any atom is 0.422 e. The van der Waals surface area contributed by atoms with E-state index in [1.165, 1.54) is 0 Å². The lowest BCUT2D eigenvalue weighted by molar-refractivity contribution is -0.388. The monoisotopic (exact) mass is 452 g/mol. The van der Waals surface area contributed by atoms with Crippen LogP contribution in [0, 0.1) is 21.8 Å². The van der Waals surface area contributed by atoms with Gasteiger partial charge in [0.05, 0.1) is 22.5 Å². The van der Waals surface area contributed by atoms with Crippen LogP contribution in [0.2, 0.25) is 0 Å². The second kappa shape index (κ2) is 8.76. The molecule has 0 saturated carbocycles. The lowest BCUT2D eigenvalue weighted by Crippen LogP contribution is -2.52. The summed E-state index contributed by atoms with van der Waals surface area (Å²) < 4.78 is 79.0. The van der Waals surface area contributed by atoms with Crippen LogP contribution in [0.1, 0.15) is 5.56 Å². The first-order valence-corrected chi connectivity index (χ1v) is 9.41. The van der Waals surface area contributed by atoms with Crippen molar-refractivity contribution in [3.8, 4) is 5.75 Å². The van der Waals surface area contributed by atoms with Crippen LogP contribution in [0.15, 0.2) is 12.1 Å². The Morgan fingerprint density at radius 2 is 1.93 bits per heavy atom. The Morgan fingerprint density at radius 1 is 1.32 bits per heavy atom. The second-order valence-electron chi connectivity index (χ2n) is 6.28. The van der Waals surface area contributed by atoms with Gasteiger partial charge in [-0.3, -0.25) is 10.1 Å². The predicted octanol–water partition coefficient (Wildman–Crippen LogP) is 1.37. The number of sulfone groups is 1. The van der Waals surface area contributed by atoms with Crippen molar-refractivity contribution in [1.82, 2.24) is 0 Å². The summed E-state index contributed by atoms with van der Waals surface area (Å²) in [6.07, 6.45) is -6.32. The van der Waals surface area contributed by atoms with E-state index in [9.17, 15) is 41.2 Å². The summed E-state index contributed by atoms with van der Waals surface area (Å²) >= 11 is 0. The Balaban J connectivity index is 0.00000392. The molecule has 28 heavy (non-hydrogen) atoms. The molecule has 0 unspecified atom stereocenters. The summed E-state index contributed by atoms with van der Waals surface area (Å²) in [5, 5.41) is 21.0. The van der Waals surface area contributed by atoms with Crippen molar-refractivity contribution in [1.29, 1.82) is 0 Å². The first-order chi connectivity index (χ1) is 12.3. The molecule has 0 aromatic heterocycles. The van der Waals surface area contributed by atoms with Gasteiger partial charge in [-0.05, 0) is 24.1 Å². The molecule has 160 valence electrons. The van der Waals surface area contributed by atoms with Crippen molar-refractivity contribution in [3.63, 3.8) is 0 Å². The number of nitrogens with two attached hydrogens (primary N) is 1. The molecule has 1 fully saturated rings. The maximum absolute atomic E-state index is 14.1. The van der Waals surface area contributed by atoms with Crippen molar-refractivity contribution in [3.05, 3.63) is 33.6 Å². The Labute approximate surface area is 163 Å². The van der Waals surface area contributed by atoms with Gasteiger partial charge in [-0.2, -0.15) is 17.6 Å². The predicted molar refractivity (Wildman–Crippen MR) is 91.7 cm³/mol. The van der Waals surface area contributed by atoms with E-state index in [0.29, 0.717) is 6.07 Å². The van der Waals surface area contributed by atoms with Crippen LogP contribution in [0.25, 0.3) is 0 Å². The highest BCUT2D eigenvalue weighted by molar-refractivity contribution is 7.91. The lowest BCUT2D eigenvalue weighted by Gasteiger charge is -2.32. The molecule has 3 N–H and O–H groups in total. The van der Waals surface area contributed by atoms with Gasteiger partial charge in [0.1, 0.15) is 0 Å². The van der Waals surface area contributed by atoms with E-state index in [0.717, 1.165) is 6.07 Å².